The molecule has 1 saturated carbocycles. The first-order valence-electron chi connectivity index (χ1n) is 13.7. The number of rotatable bonds is 0. The number of piperidine rings is 2. The van der Waals surface area contributed by atoms with Crippen LogP contribution in [-0.2, 0) is 9.59 Å². The van der Waals surface area contributed by atoms with Gasteiger partial charge in [-0.2, -0.15) is 0 Å². The van der Waals surface area contributed by atoms with E-state index >= 15 is 0 Å². The minimum atomic E-state index is 0.231. The molecule has 3 fully saturated rings. The van der Waals surface area contributed by atoms with E-state index in [1.807, 2.05) is 41.8 Å². The summed E-state index contributed by atoms with van der Waals surface area (Å²) in [6.07, 6.45) is 14.0. The zero-order valence-corrected chi connectivity index (χ0v) is 22.9. The third-order valence-electron chi connectivity index (χ3n) is 6.19. The lowest BCUT2D eigenvalue weighted by Crippen LogP contribution is -2.33. The number of aryl methyl sites for hydroxylation is 1. The molecule has 2 amide bonds. The molecule has 5 nitrogen and oxygen atoms in total. The van der Waals surface area contributed by atoms with Crippen molar-refractivity contribution < 1.29 is 9.59 Å². The fourth-order valence-corrected chi connectivity index (χ4v) is 4.09. The predicted molar refractivity (Wildman–Crippen MR) is 146 cm³/mol. The van der Waals surface area contributed by atoms with Gasteiger partial charge in [-0.1, -0.05) is 69.0 Å². The van der Waals surface area contributed by atoms with Crippen molar-refractivity contribution >= 4 is 11.8 Å². The van der Waals surface area contributed by atoms with Crippen LogP contribution in [0.1, 0.15) is 104 Å². The normalized spacial score (nSPS) is 17.7. The van der Waals surface area contributed by atoms with Gasteiger partial charge < -0.3 is 15.5 Å². The van der Waals surface area contributed by atoms with Crippen molar-refractivity contribution in [3.8, 4) is 0 Å². The molecule has 0 unspecified atom stereocenters. The maximum Gasteiger partial charge on any atom is 0.219 e. The van der Waals surface area contributed by atoms with Crippen molar-refractivity contribution in [1.82, 2.24) is 9.80 Å². The van der Waals surface area contributed by atoms with Crippen LogP contribution in [-0.4, -0.2) is 53.8 Å². The molecule has 0 atom stereocenters. The first-order chi connectivity index (χ1) is 16.4. The van der Waals surface area contributed by atoms with Gasteiger partial charge >= 0.3 is 0 Å². The number of nitrogens with zero attached hydrogens (tertiary/aromatic N) is 2. The van der Waals surface area contributed by atoms with Crippen LogP contribution in [0.4, 0.5) is 0 Å². The van der Waals surface area contributed by atoms with Gasteiger partial charge in [0, 0.05) is 46.1 Å². The van der Waals surface area contributed by atoms with Crippen molar-refractivity contribution in [3.63, 3.8) is 0 Å². The van der Waals surface area contributed by atoms with Crippen LogP contribution in [0.15, 0.2) is 30.3 Å². The molecule has 2 N–H and O–H groups in total. The molecule has 34 heavy (non-hydrogen) atoms. The molecule has 5 heteroatoms. The lowest BCUT2D eigenvalue weighted by atomic mass is 9.97. The average Bonchev–Trinajstić information content (AvgIpc) is 2.88. The smallest absolute Gasteiger partial charge is 0.219 e. The Bertz CT molecular complexity index is 575. The fraction of sp³-hybridized carbons (Fsp3) is 0.724. The van der Waals surface area contributed by atoms with E-state index < -0.39 is 0 Å². The molecule has 3 aliphatic rings. The summed E-state index contributed by atoms with van der Waals surface area (Å²) < 4.78 is 0. The van der Waals surface area contributed by atoms with E-state index in [0.29, 0.717) is 6.04 Å². The lowest BCUT2D eigenvalue weighted by molar-refractivity contribution is -0.130. The Morgan fingerprint density at radius 1 is 0.676 bits per heavy atom. The third-order valence-corrected chi connectivity index (χ3v) is 6.19. The van der Waals surface area contributed by atoms with Crippen molar-refractivity contribution in [2.24, 2.45) is 5.73 Å². The SMILES string of the molecule is CC.CC(=O)N1CCCCC1.CC(=O)N1CCCCC1.Cc1ccccc1.NC1CCCCC1. The van der Waals surface area contributed by atoms with E-state index in [0.717, 1.165) is 26.2 Å². The minimum Gasteiger partial charge on any atom is -0.343 e. The highest BCUT2D eigenvalue weighted by atomic mass is 16.2. The van der Waals surface area contributed by atoms with Crippen LogP contribution in [0.2, 0.25) is 0 Å². The van der Waals surface area contributed by atoms with Gasteiger partial charge in [-0.15, -0.1) is 0 Å². The number of hydrogen-bond acceptors (Lipinski definition) is 3. The second-order valence-electron chi connectivity index (χ2n) is 9.19. The molecule has 1 aromatic rings. The summed E-state index contributed by atoms with van der Waals surface area (Å²) >= 11 is 0. The summed E-state index contributed by atoms with van der Waals surface area (Å²) in [6, 6.07) is 10.8. The topological polar surface area (TPSA) is 66.6 Å². The van der Waals surface area contributed by atoms with Crippen LogP contribution in [0.25, 0.3) is 0 Å². The highest BCUT2D eigenvalue weighted by Crippen LogP contribution is 2.14. The minimum absolute atomic E-state index is 0.231. The molecule has 0 spiro atoms. The van der Waals surface area contributed by atoms with Crippen molar-refractivity contribution in [1.29, 1.82) is 0 Å². The number of hydrogen-bond donors (Lipinski definition) is 1. The highest BCUT2D eigenvalue weighted by Gasteiger charge is 2.11. The van der Waals surface area contributed by atoms with Gasteiger partial charge in [-0.3, -0.25) is 9.59 Å². The number of benzene rings is 1. The van der Waals surface area contributed by atoms with E-state index in [-0.39, 0.29) is 11.8 Å². The molecule has 4 rings (SSSR count). The summed E-state index contributed by atoms with van der Waals surface area (Å²) in [5.74, 6) is 0.462. The molecule has 0 bridgehead atoms. The Labute approximate surface area is 210 Å². The Hall–Kier alpha value is -1.88. The zero-order valence-electron chi connectivity index (χ0n) is 22.9. The fourth-order valence-electron chi connectivity index (χ4n) is 4.09. The van der Waals surface area contributed by atoms with E-state index in [9.17, 15) is 9.59 Å². The van der Waals surface area contributed by atoms with Gasteiger partial charge in [0.2, 0.25) is 11.8 Å². The molecule has 2 saturated heterocycles. The van der Waals surface area contributed by atoms with Gasteiger partial charge in [0.15, 0.2) is 0 Å². The highest BCUT2D eigenvalue weighted by molar-refractivity contribution is 5.73. The Kier molecular flexibility index (Phi) is 20.4. The van der Waals surface area contributed by atoms with Crippen LogP contribution >= 0.6 is 0 Å². The quantitative estimate of drug-likeness (QED) is 0.476. The molecule has 0 radical (unpaired) electrons. The number of carbonyl (C=O) groups is 2. The first kappa shape index (κ1) is 32.1. The van der Waals surface area contributed by atoms with Crippen molar-refractivity contribution in [3.05, 3.63) is 35.9 Å². The first-order valence-corrected chi connectivity index (χ1v) is 13.7. The molecule has 2 aliphatic heterocycles. The lowest BCUT2D eigenvalue weighted by Gasteiger charge is -2.24. The Balaban J connectivity index is 0.000000419. The third kappa shape index (κ3) is 17.6. The van der Waals surface area contributed by atoms with Gasteiger partial charge in [0.25, 0.3) is 0 Å². The maximum atomic E-state index is 10.7. The van der Waals surface area contributed by atoms with E-state index in [2.05, 4.69) is 19.1 Å². The van der Waals surface area contributed by atoms with Gasteiger partial charge in [0.05, 0.1) is 0 Å². The summed E-state index contributed by atoms with van der Waals surface area (Å²) in [4.78, 5) is 25.3. The second-order valence-corrected chi connectivity index (χ2v) is 9.19. The summed E-state index contributed by atoms with van der Waals surface area (Å²) in [6.45, 7) is 13.3. The molecular weight excluding hydrogens is 422 g/mol. The molecular formula is C29H53N3O2. The van der Waals surface area contributed by atoms with Gasteiger partial charge in [-0.25, -0.2) is 0 Å². The number of nitrogens with two attached hydrogens (primary N) is 1. The Morgan fingerprint density at radius 2 is 1.03 bits per heavy atom. The summed E-state index contributed by atoms with van der Waals surface area (Å²) in [5, 5.41) is 0. The van der Waals surface area contributed by atoms with Crippen LogP contribution in [0, 0.1) is 6.92 Å². The molecule has 1 aromatic carbocycles. The number of amides is 2. The monoisotopic (exact) mass is 475 g/mol. The van der Waals surface area contributed by atoms with Gasteiger partial charge in [0.1, 0.15) is 0 Å². The summed E-state index contributed by atoms with van der Waals surface area (Å²) in [7, 11) is 0. The van der Waals surface area contributed by atoms with E-state index in [4.69, 9.17) is 5.73 Å². The van der Waals surface area contributed by atoms with Gasteiger partial charge in [-0.05, 0) is 58.3 Å². The number of likely N-dealkylation sites (tertiary alicyclic amines) is 2. The zero-order chi connectivity index (χ0) is 25.6. The molecule has 196 valence electrons. The second kappa shape index (κ2) is 21.6. The molecule has 1 aliphatic carbocycles. The van der Waals surface area contributed by atoms with E-state index in [1.165, 1.54) is 76.2 Å². The molecule has 2 heterocycles. The summed E-state index contributed by atoms with van der Waals surface area (Å²) in [5.41, 5.74) is 6.96. The van der Waals surface area contributed by atoms with Crippen LogP contribution in [0.5, 0.6) is 0 Å². The molecule has 0 aromatic heterocycles. The maximum absolute atomic E-state index is 10.7. The van der Waals surface area contributed by atoms with Crippen LogP contribution < -0.4 is 5.73 Å². The Morgan fingerprint density at radius 3 is 1.24 bits per heavy atom. The largest absolute Gasteiger partial charge is 0.343 e. The number of carbonyl (C=O) groups excluding carboxylic acids is 2. The van der Waals surface area contributed by atoms with Crippen LogP contribution in [0.3, 0.4) is 0 Å². The van der Waals surface area contributed by atoms with E-state index in [1.54, 1.807) is 13.8 Å². The van der Waals surface area contributed by atoms with Crippen molar-refractivity contribution in [2.45, 2.75) is 111 Å². The van der Waals surface area contributed by atoms with Crippen molar-refractivity contribution in [2.75, 3.05) is 26.2 Å². The predicted octanol–water partition coefficient (Wildman–Crippen LogP) is 6.34. The standard InChI is InChI=1S/2C7H13NO.C7H8.C6H13N.C2H6/c2*1-7(9)8-5-3-2-4-6-8;1-7-5-3-2-4-6-7;7-6-4-2-1-3-5-6;1-2/h2*2-6H2,1H3;2-6H,1H3;6H,1-5,7H2;1-2H3. The average molecular weight is 476 g/mol.